The summed E-state index contributed by atoms with van der Waals surface area (Å²) in [5.74, 6) is 0.0230. The molecule has 1 fully saturated rings. The minimum absolute atomic E-state index is 0.0230. The van der Waals surface area contributed by atoms with Crippen LogP contribution in [-0.4, -0.2) is 24.4 Å². The zero-order valence-electron chi connectivity index (χ0n) is 5.81. The summed E-state index contributed by atoms with van der Waals surface area (Å²) in [5.41, 5.74) is 0. The number of carbonyl (C=O) groups is 2. The van der Waals surface area contributed by atoms with E-state index in [4.69, 9.17) is 0 Å². The standard InChI is InChI=1S/C6H10N2O2/c1-4(9)5-2-3-7-6(10)8-5/h5H,2-3H2,1H3,(H2,7,8,10). The van der Waals surface area contributed by atoms with Gasteiger partial charge in [-0.15, -0.1) is 0 Å². The van der Waals surface area contributed by atoms with Crippen molar-refractivity contribution in [3.8, 4) is 0 Å². The zero-order valence-corrected chi connectivity index (χ0v) is 5.81. The lowest BCUT2D eigenvalue weighted by molar-refractivity contribution is -0.119. The van der Waals surface area contributed by atoms with Gasteiger partial charge < -0.3 is 10.6 Å². The third-order valence-corrected chi connectivity index (χ3v) is 1.51. The first kappa shape index (κ1) is 7.05. The van der Waals surface area contributed by atoms with Crippen LogP contribution in [0, 0.1) is 0 Å². The van der Waals surface area contributed by atoms with E-state index >= 15 is 0 Å². The van der Waals surface area contributed by atoms with E-state index in [-0.39, 0.29) is 17.9 Å². The third-order valence-electron chi connectivity index (χ3n) is 1.51. The molecular weight excluding hydrogens is 132 g/mol. The molecule has 1 saturated heterocycles. The summed E-state index contributed by atoms with van der Waals surface area (Å²) < 4.78 is 0. The first-order valence-electron chi connectivity index (χ1n) is 3.25. The summed E-state index contributed by atoms with van der Waals surface area (Å²) in [7, 11) is 0. The van der Waals surface area contributed by atoms with Crippen LogP contribution in [-0.2, 0) is 4.79 Å². The number of Topliss-reactive ketones (excluding diaryl/α,β-unsaturated/α-hetero) is 1. The fourth-order valence-electron chi connectivity index (χ4n) is 0.916. The summed E-state index contributed by atoms with van der Waals surface area (Å²) in [5, 5.41) is 5.08. The van der Waals surface area contributed by atoms with Crippen LogP contribution in [0.2, 0.25) is 0 Å². The molecule has 1 aliphatic rings. The molecule has 0 spiro atoms. The molecule has 1 rings (SSSR count). The highest BCUT2D eigenvalue weighted by molar-refractivity contribution is 5.87. The summed E-state index contributed by atoms with van der Waals surface area (Å²) in [4.78, 5) is 21.3. The largest absolute Gasteiger partial charge is 0.338 e. The monoisotopic (exact) mass is 142 g/mol. The molecule has 0 aromatic heterocycles. The molecule has 0 aromatic carbocycles. The average Bonchev–Trinajstić information content (AvgIpc) is 1.88. The third kappa shape index (κ3) is 1.46. The van der Waals surface area contributed by atoms with Crippen molar-refractivity contribution in [2.75, 3.05) is 6.54 Å². The number of ketones is 1. The van der Waals surface area contributed by atoms with Gasteiger partial charge in [0.1, 0.15) is 0 Å². The molecule has 1 heterocycles. The van der Waals surface area contributed by atoms with Crippen LogP contribution < -0.4 is 10.6 Å². The Morgan fingerprint density at radius 1 is 1.70 bits per heavy atom. The molecule has 0 aliphatic carbocycles. The SMILES string of the molecule is CC(=O)C1CCNC(=O)N1. The number of urea groups is 1. The Kier molecular flexibility index (Phi) is 1.89. The van der Waals surface area contributed by atoms with Crippen LogP contribution in [0.1, 0.15) is 13.3 Å². The van der Waals surface area contributed by atoms with E-state index in [0.29, 0.717) is 13.0 Å². The van der Waals surface area contributed by atoms with E-state index in [1.807, 2.05) is 0 Å². The van der Waals surface area contributed by atoms with Crippen LogP contribution >= 0.6 is 0 Å². The molecule has 4 heteroatoms. The Hall–Kier alpha value is -1.06. The molecule has 10 heavy (non-hydrogen) atoms. The van der Waals surface area contributed by atoms with Crippen molar-refractivity contribution >= 4 is 11.8 Å². The lowest BCUT2D eigenvalue weighted by Crippen LogP contribution is -2.51. The van der Waals surface area contributed by atoms with Gasteiger partial charge in [-0.1, -0.05) is 0 Å². The maximum Gasteiger partial charge on any atom is 0.315 e. The van der Waals surface area contributed by atoms with Gasteiger partial charge in [-0.3, -0.25) is 4.79 Å². The molecule has 0 aromatic rings. The molecule has 56 valence electrons. The molecule has 0 radical (unpaired) electrons. The number of carbonyl (C=O) groups excluding carboxylic acids is 2. The zero-order chi connectivity index (χ0) is 7.56. The Morgan fingerprint density at radius 3 is 2.80 bits per heavy atom. The quantitative estimate of drug-likeness (QED) is 0.525. The second-order valence-corrected chi connectivity index (χ2v) is 2.35. The molecule has 0 bridgehead atoms. The average molecular weight is 142 g/mol. The van der Waals surface area contributed by atoms with Gasteiger partial charge in [-0.05, 0) is 13.3 Å². The van der Waals surface area contributed by atoms with Gasteiger partial charge in [0.25, 0.3) is 0 Å². The molecule has 2 N–H and O–H groups in total. The first-order valence-corrected chi connectivity index (χ1v) is 3.25. The van der Waals surface area contributed by atoms with Crippen LogP contribution in [0.4, 0.5) is 4.79 Å². The second kappa shape index (κ2) is 2.68. The topological polar surface area (TPSA) is 58.2 Å². The van der Waals surface area contributed by atoms with Crippen molar-refractivity contribution < 1.29 is 9.59 Å². The van der Waals surface area contributed by atoms with Crippen LogP contribution in [0.3, 0.4) is 0 Å². The minimum atomic E-state index is -0.270. The van der Waals surface area contributed by atoms with Gasteiger partial charge in [0.2, 0.25) is 0 Å². The van der Waals surface area contributed by atoms with E-state index < -0.39 is 0 Å². The van der Waals surface area contributed by atoms with Crippen molar-refractivity contribution in [3.05, 3.63) is 0 Å². The highest BCUT2D eigenvalue weighted by Gasteiger charge is 2.20. The molecule has 1 unspecified atom stereocenters. The summed E-state index contributed by atoms with van der Waals surface area (Å²) in [6.07, 6.45) is 0.696. The Balaban J connectivity index is 2.47. The fraction of sp³-hybridized carbons (Fsp3) is 0.667. The lowest BCUT2D eigenvalue weighted by atomic mass is 10.1. The van der Waals surface area contributed by atoms with Crippen LogP contribution in [0.25, 0.3) is 0 Å². The van der Waals surface area contributed by atoms with E-state index in [9.17, 15) is 9.59 Å². The Labute approximate surface area is 59.0 Å². The summed E-state index contributed by atoms with van der Waals surface area (Å²) in [6.45, 7) is 2.08. The normalized spacial score (nSPS) is 24.9. The smallest absolute Gasteiger partial charge is 0.315 e. The first-order chi connectivity index (χ1) is 4.70. The second-order valence-electron chi connectivity index (χ2n) is 2.35. The van der Waals surface area contributed by atoms with Crippen molar-refractivity contribution in [1.82, 2.24) is 10.6 Å². The number of hydrogen-bond acceptors (Lipinski definition) is 2. The highest BCUT2D eigenvalue weighted by Crippen LogP contribution is 1.96. The van der Waals surface area contributed by atoms with Gasteiger partial charge in [0.15, 0.2) is 5.78 Å². The molecule has 0 saturated carbocycles. The van der Waals surface area contributed by atoms with Crippen LogP contribution in [0.5, 0.6) is 0 Å². The number of nitrogens with one attached hydrogen (secondary N) is 2. The molecular formula is C6H10N2O2. The van der Waals surface area contributed by atoms with E-state index in [1.165, 1.54) is 6.92 Å². The van der Waals surface area contributed by atoms with Crippen molar-refractivity contribution in [2.45, 2.75) is 19.4 Å². The maximum atomic E-state index is 10.7. The maximum absolute atomic E-state index is 10.7. The van der Waals surface area contributed by atoms with Gasteiger partial charge in [-0.2, -0.15) is 0 Å². The Bertz CT molecular complexity index is 165. The van der Waals surface area contributed by atoms with Gasteiger partial charge in [-0.25, -0.2) is 4.79 Å². The molecule has 1 atom stereocenters. The molecule has 1 aliphatic heterocycles. The van der Waals surface area contributed by atoms with Gasteiger partial charge in [0, 0.05) is 6.54 Å². The van der Waals surface area contributed by atoms with Crippen LogP contribution in [0.15, 0.2) is 0 Å². The predicted octanol–water partition coefficient (Wildman–Crippen LogP) is -0.353. The molecule has 2 amide bonds. The van der Waals surface area contributed by atoms with Crippen molar-refractivity contribution in [2.24, 2.45) is 0 Å². The van der Waals surface area contributed by atoms with E-state index in [2.05, 4.69) is 10.6 Å². The molecule has 4 nitrogen and oxygen atoms in total. The lowest BCUT2D eigenvalue weighted by Gasteiger charge is -2.21. The number of rotatable bonds is 1. The Morgan fingerprint density at radius 2 is 2.40 bits per heavy atom. The summed E-state index contributed by atoms with van der Waals surface area (Å²) in [6, 6.07) is -0.514. The summed E-state index contributed by atoms with van der Waals surface area (Å²) >= 11 is 0. The predicted molar refractivity (Wildman–Crippen MR) is 35.6 cm³/mol. The minimum Gasteiger partial charge on any atom is -0.338 e. The highest BCUT2D eigenvalue weighted by atomic mass is 16.2. The number of hydrogen-bond donors (Lipinski definition) is 2. The van der Waals surface area contributed by atoms with Gasteiger partial charge >= 0.3 is 6.03 Å². The van der Waals surface area contributed by atoms with Crippen molar-refractivity contribution in [3.63, 3.8) is 0 Å². The van der Waals surface area contributed by atoms with E-state index in [1.54, 1.807) is 0 Å². The van der Waals surface area contributed by atoms with Gasteiger partial charge in [0.05, 0.1) is 6.04 Å². The van der Waals surface area contributed by atoms with E-state index in [0.717, 1.165) is 0 Å². The van der Waals surface area contributed by atoms with Crippen molar-refractivity contribution in [1.29, 1.82) is 0 Å². The fourth-order valence-corrected chi connectivity index (χ4v) is 0.916. The number of amides is 2.